The quantitative estimate of drug-likeness (QED) is 0.777. The van der Waals surface area contributed by atoms with Crippen LogP contribution in [0.5, 0.6) is 5.75 Å². The van der Waals surface area contributed by atoms with Gasteiger partial charge in [-0.05, 0) is 38.0 Å². The average molecular weight is 346 g/mol. The van der Waals surface area contributed by atoms with E-state index in [2.05, 4.69) is 4.98 Å². The van der Waals surface area contributed by atoms with E-state index in [1.807, 2.05) is 26.8 Å². The fourth-order valence-electron chi connectivity index (χ4n) is 2.09. The van der Waals surface area contributed by atoms with Gasteiger partial charge < -0.3 is 4.74 Å². The summed E-state index contributed by atoms with van der Waals surface area (Å²) in [6.07, 6.45) is 0.686. The highest BCUT2D eigenvalue weighted by Gasteiger charge is 2.19. The Labute approximate surface area is 133 Å². The maximum absolute atomic E-state index is 11.7. The molecule has 0 atom stereocenters. The summed E-state index contributed by atoms with van der Waals surface area (Å²) in [5, 5.41) is 0. The van der Waals surface area contributed by atoms with Crippen molar-refractivity contribution in [2.24, 2.45) is 0 Å². The minimum absolute atomic E-state index is 0.0303. The molecule has 0 radical (unpaired) electrons. The molecule has 2 aromatic rings. The van der Waals surface area contributed by atoms with Gasteiger partial charge in [-0.2, -0.15) is 0 Å². The van der Waals surface area contributed by atoms with Crippen LogP contribution in [0.15, 0.2) is 22.5 Å². The largest absolute Gasteiger partial charge is 0.492 e. The lowest BCUT2D eigenvalue weighted by molar-refractivity contribution is 0.312. The van der Waals surface area contributed by atoms with Crippen molar-refractivity contribution in [3.63, 3.8) is 0 Å². The van der Waals surface area contributed by atoms with Crippen molar-refractivity contribution in [3.05, 3.63) is 39.3 Å². The maximum atomic E-state index is 11.7. The predicted molar refractivity (Wildman–Crippen MR) is 85.0 cm³/mol. The minimum atomic E-state index is -3.83. The highest BCUT2D eigenvalue weighted by molar-refractivity contribution is 8.13. The number of ether oxygens (including phenoxy) is 1. The van der Waals surface area contributed by atoms with Crippen LogP contribution in [0.25, 0.3) is 0 Å². The normalized spacial score (nSPS) is 11.6. The van der Waals surface area contributed by atoms with E-state index in [4.69, 9.17) is 15.4 Å². The van der Waals surface area contributed by atoms with Crippen molar-refractivity contribution in [2.45, 2.75) is 32.1 Å². The third-order valence-corrected chi connectivity index (χ3v) is 5.39. The number of benzene rings is 1. The van der Waals surface area contributed by atoms with E-state index in [1.165, 1.54) is 6.07 Å². The molecule has 0 aliphatic carbocycles. The molecule has 0 aliphatic rings. The number of hydrogen-bond donors (Lipinski definition) is 0. The number of thiazole rings is 1. The molecule has 0 amide bonds. The van der Waals surface area contributed by atoms with Crippen molar-refractivity contribution < 1.29 is 13.2 Å². The van der Waals surface area contributed by atoms with Crippen LogP contribution in [-0.4, -0.2) is 20.0 Å². The number of nitrogens with zero attached hydrogens (tertiary/aromatic N) is 1. The second-order valence-electron chi connectivity index (χ2n) is 4.81. The van der Waals surface area contributed by atoms with Crippen molar-refractivity contribution in [1.29, 1.82) is 0 Å². The fraction of sp³-hybridized carbons (Fsp3) is 0.357. The summed E-state index contributed by atoms with van der Waals surface area (Å²) in [6.45, 7) is 5.96. The lowest BCUT2D eigenvalue weighted by Crippen LogP contribution is -2.06. The Morgan fingerprint density at radius 1 is 1.29 bits per heavy atom. The van der Waals surface area contributed by atoms with Crippen LogP contribution in [0.2, 0.25) is 0 Å². The van der Waals surface area contributed by atoms with Crippen LogP contribution in [0, 0.1) is 20.8 Å². The second-order valence-corrected chi connectivity index (χ2v) is 8.28. The summed E-state index contributed by atoms with van der Waals surface area (Å²) >= 11 is 1.57. The number of halogens is 1. The van der Waals surface area contributed by atoms with Gasteiger partial charge in [0.2, 0.25) is 0 Å². The van der Waals surface area contributed by atoms with E-state index in [1.54, 1.807) is 16.8 Å². The molecule has 0 bridgehead atoms. The summed E-state index contributed by atoms with van der Waals surface area (Å²) in [5.74, 6) is 0.331. The maximum Gasteiger partial charge on any atom is 0.265 e. The molecule has 0 aliphatic heterocycles. The SMILES string of the molecule is Cc1cc(C)c(OCCc2scnc2C)c(S(=O)(=O)Cl)c1. The summed E-state index contributed by atoms with van der Waals surface area (Å²) in [5.41, 5.74) is 4.36. The van der Waals surface area contributed by atoms with Gasteiger partial charge in [-0.25, -0.2) is 13.4 Å². The number of aromatic nitrogens is 1. The zero-order valence-corrected chi connectivity index (χ0v) is 14.4. The molecule has 1 heterocycles. The zero-order valence-electron chi connectivity index (χ0n) is 12.0. The standard InChI is InChI=1S/C14H16ClNO3S2/c1-9-6-10(2)14(13(7-9)21(15,17)18)19-5-4-12-11(3)16-8-20-12/h6-8H,4-5H2,1-3H3. The average Bonchev–Trinajstić information content (AvgIpc) is 2.76. The molecule has 21 heavy (non-hydrogen) atoms. The van der Waals surface area contributed by atoms with Gasteiger partial charge in [0.15, 0.2) is 0 Å². The van der Waals surface area contributed by atoms with E-state index >= 15 is 0 Å². The molecule has 0 unspecified atom stereocenters. The Balaban J connectivity index is 2.22. The Kier molecular flexibility index (Phi) is 4.91. The molecule has 0 N–H and O–H groups in total. The Morgan fingerprint density at radius 3 is 2.57 bits per heavy atom. The summed E-state index contributed by atoms with van der Waals surface area (Å²) in [7, 11) is 1.66. The fourth-order valence-corrected chi connectivity index (χ4v) is 3.97. The molecule has 7 heteroatoms. The van der Waals surface area contributed by atoms with Crippen molar-refractivity contribution in [1.82, 2.24) is 4.98 Å². The van der Waals surface area contributed by atoms with Crippen molar-refractivity contribution >= 4 is 31.1 Å². The molecular weight excluding hydrogens is 330 g/mol. The molecule has 0 spiro atoms. The first-order valence-electron chi connectivity index (χ1n) is 6.36. The lowest BCUT2D eigenvalue weighted by Gasteiger charge is -2.13. The molecule has 1 aromatic heterocycles. The summed E-state index contributed by atoms with van der Waals surface area (Å²) < 4.78 is 29.1. The minimum Gasteiger partial charge on any atom is -0.492 e. The Hall–Kier alpha value is -1.11. The molecule has 0 saturated carbocycles. The third-order valence-electron chi connectivity index (χ3n) is 3.07. The molecule has 4 nitrogen and oxygen atoms in total. The van der Waals surface area contributed by atoms with Gasteiger partial charge in [0.25, 0.3) is 9.05 Å². The summed E-state index contributed by atoms with van der Waals surface area (Å²) in [6, 6.07) is 3.40. The molecule has 2 rings (SSSR count). The highest BCUT2D eigenvalue weighted by Crippen LogP contribution is 2.32. The van der Waals surface area contributed by atoms with Crippen molar-refractivity contribution in [2.75, 3.05) is 6.61 Å². The monoisotopic (exact) mass is 345 g/mol. The van der Waals surface area contributed by atoms with Crippen LogP contribution >= 0.6 is 22.0 Å². The lowest BCUT2D eigenvalue weighted by atomic mass is 10.1. The van der Waals surface area contributed by atoms with Gasteiger partial charge in [-0.1, -0.05) is 6.07 Å². The summed E-state index contributed by atoms with van der Waals surface area (Å²) in [4.78, 5) is 5.34. The smallest absolute Gasteiger partial charge is 0.265 e. The number of rotatable bonds is 5. The van der Waals surface area contributed by atoms with Gasteiger partial charge in [-0.3, -0.25) is 0 Å². The Bertz CT molecular complexity index is 754. The zero-order chi connectivity index (χ0) is 15.6. The number of aryl methyl sites for hydroxylation is 3. The van der Waals surface area contributed by atoms with Crippen molar-refractivity contribution in [3.8, 4) is 5.75 Å². The van der Waals surface area contributed by atoms with E-state index < -0.39 is 9.05 Å². The van der Waals surface area contributed by atoms with Gasteiger partial charge >= 0.3 is 0 Å². The molecular formula is C14H16ClNO3S2. The molecule has 0 fully saturated rings. The molecule has 0 saturated heterocycles. The van der Waals surface area contributed by atoms with E-state index in [0.29, 0.717) is 18.8 Å². The van der Waals surface area contributed by atoms with E-state index in [0.717, 1.165) is 21.7 Å². The second kappa shape index (κ2) is 6.34. The topological polar surface area (TPSA) is 56.3 Å². The first-order valence-corrected chi connectivity index (χ1v) is 9.55. The Morgan fingerprint density at radius 2 is 2.00 bits per heavy atom. The van der Waals surface area contributed by atoms with Gasteiger partial charge in [0, 0.05) is 22.0 Å². The third kappa shape index (κ3) is 3.96. The van der Waals surface area contributed by atoms with Crippen LogP contribution in [0.1, 0.15) is 21.7 Å². The van der Waals surface area contributed by atoms with Gasteiger partial charge in [-0.15, -0.1) is 11.3 Å². The van der Waals surface area contributed by atoms with E-state index in [9.17, 15) is 8.42 Å². The number of hydrogen-bond acceptors (Lipinski definition) is 5. The van der Waals surface area contributed by atoms with E-state index in [-0.39, 0.29) is 4.90 Å². The van der Waals surface area contributed by atoms with Crippen LogP contribution < -0.4 is 4.74 Å². The predicted octanol–water partition coefficient (Wildman–Crippen LogP) is 3.62. The van der Waals surface area contributed by atoms with Gasteiger partial charge in [0.05, 0.1) is 17.8 Å². The van der Waals surface area contributed by atoms with Crippen LogP contribution in [0.3, 0.4) is 0 Å². The molecule has 1 aromatic carbocycles. The molecule has 114 valence electrons. The first-order chi connectivity index (χ1) is 9.79. The van der Waals surface area contributed by atoms with Gasteiger partial charge in [0.1, 0.15) is 10.6 Å². The first kappa shape index (κ1) is 16.3. The van der Waals surface area contributed by atoms with Crippen LogP contribution in [0.4, 0.5) is 0 Å². The highest BCUT2D eigenvalue weighted by atomic mass is 35.7. The van der Waals surface area contributed by atoms with Crippen LogP contribution in [-0.2, 0) is 15.5 Å².